The Morgan fingerprint density at radius 2 is 1.95 bits per heavy atom. The molecular formula is C17H31NO2S. The minimum Gasteiger partial charge on any atom is -0.465 e. The van der Waals surface area contributed by atoms with Crippen molar-refractivity contribution in [3.05, 3.63) is 0 Å². The minimum atomic E-state index is -0.451. The van der Waals surface area contributed by atoms with E-state index in [9.17, 15) is 4.79 Å². The van der Waals surface area contributed by atoms with Crippen LogP contribution in [-0.4, -0.2) is 35.7 Å². The molecule has 3 nitrogen and oxygen atoms in total. The molecule has 1 N–H and O–H groups in total. The molecule has 0 spiro atoms. The zero-order valence-corrected chi connectivity index (χ0v) is 14.6. The Hall–Kier alpha value is -0.220. The van der Waals surface area contributed by atoms with Gasteiger partial charge in [-0.2, -0.15) is 11.8 Å². The molecule has 4 heteroatoms. The quantitative estimate of drug-likeness (QED) is 0.660. The predicted octanol–water partition coefficient (Wildman–Crippen LogP) is 3.62. The number of hydrogen-bond donors (Lipinski definition) is 1. The van der Waals surface area contributed by atoms with E-state index < -0.39 is 5.54 Å². The summed E-state index contributed by atoms with van der Waals surface area (Å²) in [5.74, 6) is 3.38. The van der Waals surface area contributed by atoms with Crippen molar-refractivity contribution in [3.8, 4) is 0 Å². The van der Waals surface area contributed by atoms with Gasteiger partial charge in [-0.3, -0.25) is 10.1 Å². The highest BCUT2D eigenvalue weighted by atomic mass is 32.2. The summed E-state index contributed by atoms with van der Waals surface area (Å²) in [6, 6.07) is 0.307. The summed E-state index contributed by atoms with van der Waals surface area (Å²) < 4.78 is 5.42. The zero-order chi connectivity index (χ0) is 15.3. The SMILES string of the molecule is CCOC(=O)C(CSCC1CCCC1)(NC(C)C)C1CC1. The molecule has 0 amide bonds. The molecule has 0 bridgehead atoms. The molecule has 1 atom stereocenters. The number of carbonyl (C=O) groups is 1. The standard InChI is InChI=1S/C17H31NO2S/c1-4-20-16(19)17(15-9-10-15,18-13(2)3)12-21-11-14-7-5-6-8-14/h13-15,18H,4-12H2,1-3H3. The molecule has 0 aliphatic heterocycles. The second-order valence-electron chi connectivity index (χ2n) is 6.93. The molecule has 2 fully saturated rings. The Labute approximate surface area is 134 Å². The van der Waals surface area contributed by atoms with Crippen molar-refractivity contribution in [1.29, 1.82) is 0 Å². The van der Waals surface area contributed by atoms with E-state index in [1.54, 1.807) is 0 Å². The average molecular weight is 314 g/mol. The molecule has 21 heavy (non-hydrogen) atoms. The maximum atomic E-state index is 12.6. The molecule has 2 rings (SSSR count). The molecule has 1 unspecified atom stereocenters. The van der Waals surface area contributed by atoms with Crippen molar-refractivity contribution in [1.82, 2.24) is 5.32 Å². The molecule has 2 aliphatic rings. The molecule has 122 valence electrons. The number of hydrogen-bond acceptors (Lipinski definition) is 4. The van der Waals surface area contributed by atoms with Crippen LogP contribution in [0.25, 0.3) is 0 Å². The van der Waals surface area contributed by atoms with Gasteiger partial charge < -0.3 is 4.74 Å². The largest absolute Gasteiger partial charge is 0.465 e. The van der Waals surface area contributed by atoms with Gasteiger partial charge in [0.05, 0.1) is 6.61 Å². The van der Waals surface area contributed by atoms with Gasteiger partial charge in [-0.1, -0.05) is 12.8 Å². The average Bonchev–Trinajstić information content (AvgIpc) is 3.16. The smallest absolute Gasteiger partial charge is 0.327 e. The van der Waals surface area contributed by atoms with Gasteiger partial charge in [0.25, 0.3) is 0 Å². The molecule has 0 saturated heterocycles. The highest BCUT2D eigenvalue weighted by Gasteiger charge is 2.52. The molecule has 0 aromatic carbocycles. The Kier molecular flexibility index (Phi) is 6.42. The summed E-state index contributed by atoms with van der Waals surface area (Å²) in [7, 11) is 0. The van der Waals surface area contributed by atoms with Crippen LogP contribution in [0.4, 0.5) is 0 Å². The van der Waals surface area contributed by atoms with Crippen LogP contribution < -0.4 is 5.32 Å². The third kappa shape index (κ3) is 4.62. The van der Waals surface area contributed by atoms with E-state index >= 15 is 0 Å². The second-order valence-corrected chi connectivity index (χ2v) is 7.96. The maximum Gasteiger partial charge on any atom is 0.327 e. The van der Waals surface area contributed by atoms with Crippen molar-refractivity contribution in [2.24, 2.45) is 11.8 Å². The van der Waals surface area contributed by atoms with E-state index in [1.807, 2.05) is 18.7 Å². The van der Waals surface area contributed by atoms with Crippen molar-refractivity contribution < 1.29 is 9.53 Å². The lowest BCUT2D eigenvalue weighted by Crippen LogP contribution is -2.59. The van der Waals surface area contributed by atoms with Crippen molar-refractivity contribution in [2.45, 2.75) is 70.9 Å². The first-order valence-corrected chi connectivity index (χ1v) is 9.76. The number of ether oxygens (including phenoxy) is 1. The summed E-state index contributed by atoms with van der Waals surface area (Å²) >= 11 is 1.96. The number of thioether (sulfide) groups is 1. The lowest BCUT2D eigenvalue weighted by Gasteiger charge is -2.34. The van der Waals surface area contributed by atoms with Gasteiger partial charge in [0.2, 0.25) is 0 Å². The summed E-state index contributed by atoms with van der Waals surface area (Å²) in [5.41, 5.74) is -0.451. The predicted molar refractivity (Wildman–Crippen MR) is 89.6 cm³/mol. The zero-order valence-electron chi connectivity index (χ0n) is 13.8. The second kappa shape index (κ2) is 7.87. The van der Waals surface area contributed by atoms with Gasteiger partial charge >= 0.3 is 5.97 Å². The topological polar surface area (TPSA) is 38.3 Å². The van der Waals surface area contributed by atoms with E-state index in [-0.39, 0.29) is 5.97 Å². The number of nitrogens with one attached hydrogen (secondary N) is 1. The molecule has 0 radical (unpaired) electrons. The lowest BCUT2D eigenvalue weighted by molar-refractivity contribution is -0.151. The van der Waals surface area contributed by atoms with E-state index in [4.69, 9.17) is 4.74 Å². The maximum absolute atomic E-state index is 12.6. The van der Waals surface area contributed by atoms with Crippen LogP contribution in [0.3, 0.4) is 0 Å². The summed E-state index contributed by atoms with van der Waals surface area (Å²) in [6.45, 7) is 6.62. The van der Waals surface area contributed by atoms with Gasteiger partial charge in [0.1, 0.15) is 5.54 Å². The molecule has 0 aromatic heterocycles. The van der Waals surface area contributed by atoms with Gasteiger partial charge in [-0.15, -0.1) is 0 Å². The monoisotopic (exact) mass is 313 g/mol. The molecule has 2 aliphatic carbocycles. The van der Waals surface area contributed by atoms with Gasteiger partial charge in [0, 0.05) is 11.8 Å². The first kappa shape index (κ1) is 17.1. The van der Waals surface area contributed by atoms with Gasteiger partial charge in [-0.25, -0.2) is 0 Å². The van der Waals surface area contributed by atoms with E-state index in [2.05, 4.69) is 19.2 Å². The van der Waals surface area contributed by atoms with E-state index in [0.717, 1.165) is 24.5 Å². The van der Waals surface area contributed by atoms with Crippen LogP contribution in [-0.2, 0) is 9.53 Å². The fraction of sp³-hybridized carbons (Fsp3) is 0.941. The minimum absolute atomic E-state index is 0.0277. The Morgan fingerprint density at radius 1 is 1.29 bits per heavy atom. The summed E-state index contributed by atoms with van der Waals surface area (Å²) in [5, 5.41) is 3.57. The third-order valence-corrected chi connectivity index (χ3v) is 5.98. The summed E-state index contributed by atoms with van der Waals surface area (Å²) in [6.07, 6.45) is 7.84. The van der Waals surface area contributed by atoms with Gasteiger partial charge in [-0.05, 0) is 64.0 Å². The number of rotatable bonds is 9. The fourth-order valence-corrected chi connectivity index (χ4v) is 5.02. The van der Waals surface area contributed by atoms with Crippen molar-refractivity contribution in [3.63, 3.8) is 0 Å². The van der Waals surface area contributed by atoms with Crippen LogP contribution in [0, 0.1) is 11.8 Å². The van der Waals surface area contributed by atoms with Crippen molar-refractivity contribution in [2.75, 3.05) is 18.1 Å². The highest BCUT2D eigenvalue weighted by molar-refractivity contribution is 7.99. The fourth-order valence-electron chi connectivity index (χ4n) is 3.48. The Morgan fingerprint density at radius 3 is 2.48 bits per heavy atom. The Balaban J connectivity index is 1.96. The normalized spacial score (nSPS) is 22.5. The van der Waals surface area contributed by atoms with E-state index in [0.29, 0.717) is 18.6 Å². The van der Waals surface area contributed by atoms with Crippen LogP contribution >= 0.6 is 11.8 Å². The first-order valence-electron chi connectivity index (χ1n) is 8.61. The molecule has 2 saturated carbocycles. The third-order valence-electron chi connectivity index (χ3n) is 4.62. The number of carbonyl (C=O) groups excluding carboxylic acids is 1. The van der Waals surface area contributed by atoms with Crippen LogP contribution in [0.5, 0.6) is 0 Å². The summed E-state index contributed by atoms with van der Waals surface area (Å²) in [4.78, 5) is 12.6. The van der Waals surface area contributed by atoms with Gasteiger partial charge in [0.15, 0.2) is 0 Å². The highest BCUT2D eigenvalue weighted by Crippen LogP contribution is 2.43. The number of esters is 1. The molecular weight excluding hydrogens is 282 g/mol. The molecule has 0 heterocycles. The Bertz CT molecular complexity index is 338. The van der Waals surface area contributed by atoms with Crippen LogP contribution in [0.1, 0.15) is 59.3 Å². The van der Waals surface area contributed by atoms with Crippen molar-refractivity contribution >= 4 is 17.7 Å². The van der Waals surface area contributed by atoms with Crippen LogP contribution in [0.2, 0.25) is 0 Å². The van der Waals surface area contributed by atoms with Crippen LogP contribution in [0.15, 0.2) is 0 Å². The molecule has 0 aromatic rings. The van der Waals surface area contributed by atoms with E-state index in [1.165, 1.54) is 31.4 Å². The first-order chi connectivity index (χ1) is 10.1. The lowest BCUT2D eigenvalue weighted by atomic mass is 9.94.